The van der Waals surface area contributed by atoms with E-state index in [4.69, 9.17) is 4.52 Å². The normalized spacial score (nSPS) is 10.5. The van der Waals surface area contributed by atoms with Gasteiger partial charge >= 0.3 is 0 Å². The van der Waals surface area contributed by atoms with Gasteiger partial charge in [-0.2, -0.15) is 0 Å². The molecular weight excluding hydrogens is 192 g/mol. The summed E-state index contributed by atoms with van der Waals surface area (Å²) in [6.07, 6.45) is 1.75. The third-order valence-electron chi connectivity index (χ3n) is 2.22. The number of aryl methyl sites for hydroxylation is 2. The summed E-state index contributed by atoms with van der Waals surface area (Å²) >= 11 is 0. The average molecular weight is 204 g/mol. The van der Waals surface area contributed by atoms with Gasteiger partial charge in [0.15, 0.2) is 0 Å². The molecule has 0 unspecified atom stereocenters. The lowest BCUT2D eigenvalue weighted by Gasteiger charge is -2.02. The van der Waals surface area contributed by atoms with Crippen LogP contribution in [0.25, 0.3) is 0 Å². The van der Waals surface area contributed by atoms with Crippen LogP contribution < -0.4 is 5.56 Å². The van der Waals surface area contributed by atoms with Gasteiger partial charge in [-0.15, -0.1) is 0 Å². The topological polar surface area (TPSA) is 48.0 Å². The number of nitrogens with zero attached hydrogens (tertiary/aromatic N) is 2. The fraction of sp³-hybridized carbons (Fsp3) is 0.273. The minimum Gasteiger partial charge on any atom is -0.361 e. The van der Waals surface area contributed by atoms with Gasteiger partial charge < -0.3 is 9.09 Å². The molecule has 0 fully saturated rings. The van der Waals surface area contributed by atoms with Crippen LogP contribution >= 0.6 is 0 Å². The quantitative estimate of drug-likeness (QED) is 0.744. The highest BCUT2D eigenvalue weighted by Crippen LogP contribution is 2.02. The molecule has 0 aliphatic rings. The highest BCUT2D eigenvalue weighted by molar-refractivity contribution is 5.10. The Morgan fingerprint density at radius 1 is 1.47 bits per heavy atom. The number of hydrogen-bond acceptors (Lipinski definition) is 3. The molecule has 2 rings (SSSR count). The zero-order chi connectivity index (χ0) is 10.8. The number of aromatic nitrogens is 2. The van der Waals surface area contributed by atoms with Crippen LogP contribution in [0, 0.1) is 13.8 Å². The van der Waals surface area contributed by atoms with Crippen molar-refractivity contribution in [1.82, 2.24) is 9.72 Å². The fourth-order valence-electron chi connectivity index (χ4n) is 1.45. The van der Waals surface area contributed by atoms with Crippen LogP contribution in [-0.4, -0.2) is 9.72 Å². The van der Waals surface area contributed by atoms with E-state index in [-0.39, 0.29) is 5.56 Å². The second-order valence-electron chi connectivity index (χ2n) is 3.55. The maximum absolute atomic E-state index is 11.7. The van der Waals surface area contributed by atoms with E-state index in [9.17, 15) is 4.79 Å². The van der Waals surface area contributed by atoms with Crippen molar-refractivity contribution in [2.75, 3.05) is 0 Å². The Balaban J connectivity index is 2.32. The SMILES string of the molecule is Cc1cc(Cn2cccc(C)c2=O)no1. The van der Waals surface area contributed by atoms with Gasteiger partial charge in [-0.25, -0.2) is 0 Å². The molecule has 0 saturated carbocycles. The van der Waals surface area contributed by atoms with Crippen molar-refractivity contribution in [3.05, 3.63) is 51.8 Å². The Kier molecular flexibility index (Phi) is 2.41. The third-order valence-corrected chi connectivity index (χ3v) is 2.22. The summed E-state index contributed by atoms with van der Waals surface area (Å²) in [6.45, 7) is 4.08. The summed E-state index contributed by atoms with van der Waals surface area (Å²) in [5.74, 6) is 0.755. The van der Waals surface area contributed by atoms with Crippen molar-refractivity contribution in [2.24, 2.45) is 0 Å². The first-order valence-electron chi connectivity index (χ1n) is 4.75. The van der Waals surface area contributed by atoms with E-state index in [1.54, 1.807) is 23.8 Å². The van der Waals surface area contributed by atoms with Crippen molar-refractivity contribution in [3.8, 4) is 0 Å². The maximum atomic E-state index is 11.7. The number of rotatable bonds is 2. The molecule has 78 valence electrons. The Hall–Kier alpha value is -1.84. The number of pyridine rings is 1. The highest BCUT2D eigenvalue weighted by Gasteiger charge is 2.03. The predicted octanol–water partition coefficient (Wildman–Crippen LogP) is 1.50. The van der Waals surface area contributed by atoms with E-state index in [0.717, 1.165) is 17.0 Å². The fourth-order valence-corrected chi connectivity index (χ4v) is 1.45. The minimum atomic E-state index is 0.0122. The molecule has 0 radical (unpaired) electrons. The van der Waals surface area contributed by atoms with Crippen molar-refractivity contribution in [2.45, 2.75) is 20.4 Å². The van der Waals surface area contributed by atoms with Crippen molar-refractivity contribution in [3.63, 3.8) is 0 Å². The van der Waals surface area contributed by atoms with E-state index in [2.05, 4.69) is 5.16 Å². The highest BCUT2D eigenvalue weighted by atomic mass is 16.5. The van der Waals surface area contributed by atoms with Crippen LogP contribution in [0.1, 0.15) is 17.0 Å². The second kappa shape index (κ2) is 3.73. The van der Waals surface area contributed by atoms with Crippen LogP contribution in [0.3, 0.4) is 0 Å². The summed E-state index contributed by atoms with van der Waals surface area (Å²) in [5.41, 5.74) is 1.51. The molecule has 0 saturated heterocycles. The molecule has 0 aromatic carbocycles. The molecule has 2 aromatic rings. The van der Waals surface area contributed by atoms with Gasteiger partial charge in [0, 0.05) is 17.8 Å². The van der Waals surface area contributed by atoms with Crippen molar-refractivity contribution < 1.29 is 4.52 Å². The molecule has 2 aromatic heterocycles. The molecule has 0 atom stereocenters. The molecule has 0 bridgehead atoms. The van der Waals surface area contributed by atoms with Crippen LogP contribution in [0.4, 0.5) is 0 Å². The zero-order valence-corrected chi connectivity index (χ0v) is 8.73. The van der Waals surface area contributed by atoms with Gasteiger partial charge in [-0.05, 0) is 19.9 Å². The Morgan fingerprint density at radius 2 is 2.27 bits per heavy atom. The van der Waals surface area contributed by atoms with Crippen LogP contribution in [0.2, 0.25) is 0 Å². The molecule has 0 amide bonds. The Morgan fingerprint density at radius 3 is 2.93 bits per heavy atom. The Labute approximate surface area is 87.1 Å². The first kappa shape index (κ1) is 9.71. The van der Waals surface area contributed by atoms with Crippen LogP contribution in [-0.2, 0) is 6.54 Å². The first-order valence-corrected chi connectivity index (χ1v) is 4.75. The number of hydrogen-bond donors (Lipinski definition) is 0. The lowest BCUT2D eigenvalue weighted by atomic mass is 10.3. The largest absolute Gasteiger partial charge is 0.361 e. The molecule has 2 heterocycles. The monoisotopic (exact) mass is 204 g/mol. The molecule has 0 aliphatic heterocycles. The summed E-state index contributed by atoms with van der Waals surface area (Å²) < 4.78 is 6.56. The van der Waals surface area contributed by atoms with E-state index in [1.807, 2.05) is 19.1 Å². The summed E-state index contributed by atoms with van der Waals surface area (Å²) in [6, 6.07) is 5.48. The lowest BCUT2D eigenvalue weighted by Crippen LogP contribution is -2.21. The van der Waals surface area contributed by atoms with E-state index in [0.29, 0.717) is 6.54 Å². The van der Waals surface area contributed by atoms with Crippen molar-refractivity contribution in [1.29, 1.82) is 0 Å². The lowest BCUT2D eigenvalue weighted by molar-refractivity contribution is 0.388. The van der Waals surface area contributed by atoms with Gasteiger partial charge in [0.05, 0.1) is 6.54 Å². The van der Waals surface area contributed by atoms with Gasteiger partial charge in [-0.1, -0.05) is 11.2 Å². The first-order chi connectivity index (χ1) is 7.16. The maximum Gasteiger partial charge on any atom is 0.253 e. The average Bonchev–Trinajstić information content (AvgIpc) is 2.59. The van der Waals surface area contributed by atoms with Gasteiger partial charge in [0.1, 0.15) is 11.5 Å². The van der Waals surface area contributed by atoms with Crippen molar-refractivity contribution >= 4 is 0 Å². The smallest absolute Gasteiger partial charge is 0.253 e. The van der Waals surface area contributed by atoms with Gasteiger partial charge in [0.25, 0.3) is 5.56 Å². The van der Waals surface area contributed by atoms with E-state index in [1.165, 1.54) is 0 Å². The van der Waals surface area contributed by atoms with E-state index >= 15 is 0 Å². The predicted molar refractivity (Wildman–Crippen MR) is 55.8 cm³/mol. The minimum absolute atomic E-state index is 0.0122. The summed E-state index contributed by atoms with van der Waals surface area (Å²) in [5, 5.41) is 3.85. The van der Waals surface area contributed by atoms with Gasteiger partial charge in [-0.3, -0.25) is 4.79 Å². The molecule has 4 heteroatoms. The second-order valence-corrected chi connectivity index (χ2v) is 3.55. The molecule has 0 spiro atoms. The van der Waals surface area contributed by atoms with E-state index < -0.39 is 0 Å². The molecular formula is C11H12N2O2. The zero-order valence-electron chi connectivity index (χ0n) is 8.73. The Bertz CT molecular complexity index is 525. The molecule has 0 N–H and O–H groups in total. The summed E-state index contributed by atoms with van der Waals surface area (Å²) in [4.78, 5) is 11.7. The molecule has 15 heavy (non-hydrogen) atoms. The third kappa shape index (κ3) is 1.98. The summed E-state index contributed by atoms with van der Waals surface area (Å²) in [7, 11) is 0. The van der Waals surface area contributed by atoms with Gasteiger partial charge in [0.2, 0.25) is 0 Å². The standard InChI is InChI=1S/C11H12N2O2/c1-8-4-3-5-13(11(8)14)7-10-6-9(2)15-12-10/h3-6H,7H2,1-2H3. The molecule has 0 aliphatic carbocycles. The van der Waals surface area contributed by atoms with Crippen LogP contribution in [0.15, 0.2) is 33.7 Å². The van der Waals surface area contributed by atoms with Crippen LogP contribution in [0.5, 0.6) is 0 Å². The molecule has 4 nitrogen and oxygen atoms in total.